The molecule has 2 N–H and O–H groups in total. The summed E-state index contributed by atoms with van der Waals surface area (Å²) in [7, 11) is 3.06. The summed E-state index contributed by atoms with van der Waals surface area (Å²) in [6, 6.07) is 8.40. The standard InChI is InChI=1S/C23H22ClFN2O.C3H8.CH5N/c1-6-8-9-16(7-2)23(26-4)27-22-15(3)12-18(14-21(22)28-5)17-10-11-19(24)20(25)13-17;1-3-2;1-2/h6-14H,2,4H2,1,3,5H3;3H2,1-2H3;2H2,1H3/b8-6-,16-9+,27-23?;;. The quantitative estimate of drug-likeness (QED) is 0.264. The zero-order valence-corrected chi connectivity index (χ0v) is 21.2. The lowest BCUT2D eigenvalue weighted by molar-refractivity contribution is 0.416. The van der Waals surface area contributed by atoms with Gasteiger partial charge in [0.15, 0.2) is 5.84 Å². The van der Waals surface area contributed by atoms with E-state index in [9.17, 15) is 4.39 Å². The average molecular weight is 472 g/mol. The van der Waals surface area contributed by atoms with Crippen molar-refractivity contribution < 1.29 is 9.13 Å². The summed E-state index contributed by atoms with van der Waals surface area (Å²) in [5.41, 5.74) is 8.20. The molecule has 0 heterocycles. The van der Waals surface area contributed by atoms with Crippen LogP contribution in [0.4, 0.5) is 10.1 Å². The Labute approximate surface area is 203 Å². The van der Waals surface area contributed by atoms with E-state index in [1.165, 1.54) is 25.6 Å². The number of allylic oxidation sites excluding steroid dienone is 3. The Hall–Kier alpha value is -3.02. The number of amidine groups is 1. The molecule has 0 aliphatic carbocycles. The van der Waals surface area contributed by atoms with Crippen LogP contribution in [-0.2, 0) is 0 Å². The van der Waals surface area contributed by atoms with Gasteiger partial charge in [-0.25, -0.2) is 14.4 Å². The predicted octanol–water partition coefficient (Wildman–Crippen LogP) is 7.87. The van der Waals surface area contributed by atoms with E-state index in [0.29, 0.717) is 22.8 Å². The van der Waals surface area contributed by atoms with Crippen LogP contribution in [0, 0.1) is 12.7 Å². The Morgan fingerprint density at radius 2 is 1.82 bits per heavy atom. The van der Waals surface area contributed by atoms with Gasteiger partial charge in [-0.1, -0.05) is 68.8 Å². The SMILES string of the molecule is C=C/C(=C\C=C/C)C(N=C)=Nc1c(C)cc(-c2ccc(Cl)c(F)c2)cc1OC.CCC.CN. The van der Waals surface area contributed by atoms with E-state index in [1.54, 1.807) is 25.3 Å². The minimum atomic E-state index is -0.472. The number of aliphatic imine (C=N–C) groups is 2. The normalized spacial score (nSPS) is 11.2. The van der Waals surface area contributed by atoms with Crippen LogP contribution in [0.2, 0.25) is 5.02 Å². The van der Waals surface area contributed by atoms with Crippen LogP contribution in [0.3, 0.4) is 0 Å². The van der Waals surface area contributed by atoms with Crippen LogP contribution in [0.25, 0.3) is 11.1 Å². The fourth-order valence-corrected chi connectivity index (χ4v) is 2.74. The molecule has 0 radical (unpaired) electrons. The highest BCUT2D eigenvalue weighted by molar-refractivity contribution is 6.30. The first-order valence-corrected chi connectivity index (χ1v) is 11.0. The fraction of sp³-hybridized carbons (Fsp3) is 0.259. The molecule has 0 fully saturated rings. The summed E-state index contributed by atoms with van der Waals surface area (Å²) in [6.07, 6.45) is 8.55. The summed E-state index contributed by atoms with van der Waals surface area (Å²) in [5, 5.41) is 0.0835. The number of halogens is 2. The molecule has 0 unspecified atom stereocenters. The first-order valence-electron chi connectivity index (χ1n) is 10.6. The molecular weight excluding hydrogens is 437 g/mol. The summed E-state index contributed by atoms with van der Waals surface area (Å²) in [5.74, 6) is 0.501. The average Bonchev–Trinajstić information content (AvgIpc) is 2.82. The molecule has 0 amide bonds. The Balaban J connectivity index is 0.00000189. The first-order chi connectivity index (χ1) is 15.9. The van der Waals surface area contributed by atoms with E-state index in [2.05, 4.69) is 42.9 Å². The third kappa shape index (κ3) is 9.16. The van der Waals surface area contributed by atoms with Crippen LogP contribution in [0.5, 0.6) is 5.75 Å². The van der Waals surface area contributed by atoms with Crippen molar-refractivity contribution in [2.45, 2.75) is 34.1 Å². The van der Waals surface area contributed by atoms with E-state index in [-0.39, 0.29) is 5.02 Å². The Morgan fingerprint density at radius 3 is 2.30 bits per heavy atom. The molecular formula is C27H35ClFN3O. The van der Waals surface area contributed by atoms with Gasteiger partial charge in [-0.15, -0.1) is 0 Å². The van der Waals surface area contributed by atoms with Crippen molar-refractivity contribution in [3.8, 4) is 16.9 Å². The fourth-order valence-electron chi connectivity index (χ4n) is 2.62. The van der Waals surface area contributed by atoms with Crippen LogP contribution in [0.1, 0.15) is 32.8 Å². The molecule has 178 valence electrons. The van der Waals surface area contributed by atoms with Crippen molar-refractivity contribution in [1.82, 2.24) is 0 Å². The molecule has 2 rings (SSSR count). The topological polar surface area (TPSA) is 60.0 Å². The Kier molecular flexibility index (Phi) is 15.1. The highest BCUT2D eigenvalue weighted by atomic mass is 35.5. The van der Waals surface area contributed by atoms with Gasteiger partial charge in [0, 0.05) is 5.57 Å². The lowest BCUT2D eigenvalue weighted by Crippen LogP contribution is -1.98. The van der Waals surface area contributed by atoms with Crippen molar-refractivity contribution in [3.05, 3.63) is 83.2 Å². The maximum Gasteiger partial charge on any atom is 0.159 e. The number of hydrogen-bond donors (Lipinski definition) is 1. The number of ether oxygens (including phenoxy) is 1. The van der Waals surface area contributed by atoms with Gasteiger partial charge in [0.25, 0.3) is 0 Å². The van der Waals surface area contributed by atoms with E-state index in [0.717, 1.165) is 16.7 Å². The van der Waals surface area contributed by atoms with E-state index in [4.69, 9.17) is 16.3 Å². The summed E-state index contributed by atoms with van der Waals surface area (Å²) in [4.78, 5) is 8.66. The van der Waals surface area contributed by atoms with E-state index < -0.39 is 5.82 Å². The van der Waals surface area contributed by atoms with Gasteiger partial charge < -0.3 is 10.5 Å². The Morgan fingerprint density at radius 1 is 1.18 bits per heavy atom. The summed E-state index contributed by atoms with van der Waals surface area (Å²) < 4.78 is 19.4. The second-order valence-electron chi connectivity index (χ2n) is 6.63. The van der Waals surface area contributed by atoms with Gasteiger partial charge in [-0.05, 0) is 68.6 Å². The highest BCUT2D eigenvalue weighted by Crippen LogP contribution is 2.37. The molecule has 0 saturated heterocycles. The molecule has 6 heteroatoms. The first kappa shape index (κ1) is 30.0. The number of nitrogens with two attached hydrogens (primary N) is 1. The molecule has 2 aromatic rings. The van der Waals surface area contributed by atoms with Crippen LogP contribution in [0.15, 0.2) is 76.8 Å². The van der Waals surface area contributed by atoms with Gasteiger partial charge in [0.1, 0.15) is 17.3 Å². The van der Waals surface area contributed by atoms with Gasteiger partial charge in [-0.3, -0.25) is 0 Å². The van der Waals surface area contributed by atoms with Crippen molar-refractivity contribution >= 4 is 29.8 Å². The monoisotopic (exact) mass is 471 g/mol. The zero-order valence-electron chi connectivity index (χ0n) is 20.5. The Bertz CT molecular complexity index is 1010. The molecule has 4 nitrogen and oxygen atoms in total. The van der Waals surface area contributed by atoms with E-state index in [1.807, 2.05) is 38.1 Å². The minimum Gasteiger partial charge on any atom is -0.494 e. The third-order valence-corrected chi connectivity index (χ3v) is 4.36. The van der Waals surface area contributed by atoms with Gasteiger partial charge >= 0.3 is 0 Å². The summed E-state index contributed by atoms with van der Waals surface area (Å²) in [6.45, 7) is 15.5. The molecule has 0 aliphatic rings. The molecule has 0 aromatic heterocycles. The van der Waals surface area contributed by atoms with Crippen LogP contribution >= 0.6 is 11.6 Å². The molecule has 2 aromatic carbocycles. The van der Waals surface area contributed by atoms with Crippen molar-refractivity contribution in [3.63, 3.8) is 0 Å². The number of rotatable bonds is 6. The second kappa shape index (κ2) is 16.6. The lowest BCUT2D eigenvalue weighted by atomic mass is 10.0. The number of aryl methyl sites for hydroxylation is 1. The van der Waals surface area contributed by atoms with Crippen molar-refractivity contribution in [1.29, 1.82) is 0 Å². The second-order valence-corrected chi connectivity index (χ2v) is 7.03. The van der Waals surface area contributed by atoms with E-state index >= 15 is 0 Å². The number of nitrogens with zero attached hydrogens (tertiary/aromatic N) is 2. The molecule has 0 saturated carbocycles. The minimum absolute atomic E-state index is 0.0835. The zero-order chi connectivity index (χ0) is 25.4. The molecule has 0 atom stereocenters. The molecule has 33 heavy (non-hydrogen) atoms. The van der Waals surface area contributed by atoms with Gasteiger partial charge in [-0.2, -0.15) is 0 Å². The summed E-state index contributed by atoms with van der Waals surface area (Å²) >= 11 is 5.78. The number of hydrogen-bond acceptors (Lipinski definition) is 3. The van der Waals surface area contributed by atoms with Gasteiger partial charge in [0.2, 0.25) is 0 Å². The molecule has 0 aliphatic heterocycles. The van der Waals surface area contributed by atoms with Gasteiger partial charge in [0.05, 0.1) is 12.1 Å². The maximum atomic E-state index is 13.8. The molecule has 0 bridgehead atoms. The van der Waals surface area contributed by atoms with Crippen LogP contribution < -0.4 is 10.5 Å². The van der Waals surface area contributed by atoms with Crippen molar-refractivity contribution in [2.24, 2.45) is 15.7 Å². The predicted molar refractivity (Wildman–Crippen MR) is 144 cm³/mol. The third-order valence-electron chi connectivity index (χ3n) is 4.05. The maximum absolute atomic E-state index is 13.8. The number of benzene rings is 2. The largest absolute Gasteiger partial charge is 0.494 e. The molecule has 0 spiro atoms. The number of methoxy groups -OCH3 is 1. The van der Waals surface area contributed by atoms with Crippen LogP contribution in [-0.4, -0.2) is 26.7 Å². The van der Waals surface area contributed by atoms with Crippen molar-refractivity contribution in [2.75, 3.05) is 14.2 Å². The highest BCUT2D eigenvalue weighted by Gasteiger charge is 2.13. The smallest absolute Gasteiger partial charge is 0.159 e. The lowest BCUT2D eigenvalue weighted by Gasteiger charge is -2.13.